The lowest BCUT2D eigenvalue weighted by atomic mass is 10.1. The maximum atomic E-state index is 13.1. The molecule has 1 atom stereocenters. The number of carbonyl (C=O) groups is 1. The van der Waals surface area contributed by atoms with Crippen molar-refractivity contribution in [1.29, 1.82) is 0 Å². The van der Waals surface area contributed by atoms with E-state index in [9.17, 15) is 4.79 Å². The first-order valence-electron chi connectivity index (χ1n) is 7.88. The Labute approximate surface area is 144 Å². The van der Waals surface area contributed by atoms with E-state index in [0.717, 1.165) is 17.9 Å². The number of amides is 1. The molecule has 4 rings (SSSR count). The molecule has 1 aliphatic rings. The Morgan fingerprint density at radius 3 is 2.25 bits per heavy atom. The molecule has 0 bridgehead atoms. The van der Waals surface area contributed by atoms with Gasteiger partial charge in [-0.3, -0.25) is 4.79 Å². The minimum absolute atomic E-state index is 0.0904. The number of carbonyl (C=O) groups excluding carboxylic acids is 1. The van der Waals surface area contributed by atoms with Crippen LogP contribution < -0.4 is 0 Å². The van der Waals surface area contributed by atoms with Crippen molar-refractivity contribution in [3.8, 4) is 0 Å². The molecule has 0 saturated heterocycles. The lowest BCUT2D eigenvalue weighted by Crippen LogP contribution is -2.36. The number of hydrogen-bond acceptors (Lipinski definition) is 4. The van der Waals surface area contributed by atoms with Crippen LogP contribution in [0.5, 0.6) is 0 Å². The van der Waals surface area contributed by atoms with Crippen molar-refractivity contribution in [2.75, 3.05) is 0 Å². The van der Waals surface area contributed by atoms with E-state index < -0.39 is 0 Å². The zero-order valence-corrected chi connectivity index (χ0v) is 13.9. The Morgan fingerprint density at radius 1 is 1.00 bits per heavy atom. The summed E-state index contributed by atoms with van der Waals surface area (Å²) >= 11 is 1.65. The highest BCUT2D eigenvalue weighted by Gasteiger charge is 2.32. The third kappa shape index (κ3) is 3.12. The van der Waals surface area contributed by atoms with Gasteiger partial charge in [0.15, 0.2) is 0 Å². The van der Waals surface area contributed by atoms with Crippen molar-refractivity contribution in [2.24, 2.45) is 0 Å². The maximum absolute atomic E-state index is 13.1. The van der Waals surface area contributed by atoms with E-state index in [1.165, 1.54) is 10.5 Å². The molecule has 122 valence electrons. The van der Waals surface area contributed by atoms with Crippen LogP contribution in [-0.2, 0) is 24.3 Å². The average Bonchev–Trinajstić information content (AvgIpc) is 3.34. The minimum Gasteiger partial charge on any atom is -0.467 e. The van der Waals surface area contributed by atoms with Gasteiger partial charge >= 0.3 is 0 Å². The normalized spacial score (nSPS) is 16.1. The monoisotopic (exact) mass is 339 g/mol. The van der Waals surface area contributed by atoms with Crippen LogP contribution in [0.25, 0.3) is 0 Å². The summed E-state index contributed by atoms with van der Waals surface area (Å²) in [6, 6.07) is 15.7. The summed E-state index contributed by atoms with van der Waals surface area (Å²) in [5.74, 6) is 1.66. The first-order valence-corrected chi connectivity index (χ1v) is 8.75. The summed E-state index contributed by atoms with van der Waals surface area (Å²) < 4.78 is 10.9. The maximum Gasteiger partial charge on any atom is 0.237 e. The van der Waals surface area contributed by atoms with Crippen LogP contribution in [0, 0.1) is 0 Å². The van der Waals surface area contributed by atoms with Gasteiger partial charge in [-0.05, 0) is 42.3 Å². The Kier molecular flexibility index (Phi) is 4.17. The van der Waals surface area contributed by atoms with Gasteiger partial charge < -0.3 is 13.7 Å². The van der Waals surface area contributed by atoms with Crippen molar-refractivity contribution in [3.63, 3.8) is 0 Å². The van der Waals surface area contributed by atoms with Gasteiger partial charge in [-0.2, -0.15) is 0 Å². The van der Waals surface area contributed by atoms with E-state index in [1.807, 2.05) is 36.4 Å². The largest absolute Gasteiger partial charge is 0.467 e. The minimum atomic E-state index is -0.0904. The van der Waals surface area contributed by atoms with Gasteiger partial charge in [-0.25, -0.2) is 0 Å². The standard InChI is InChI=1S/C19H17NO3S/c21-19(18-11-14-5-1-2-8-17(14)24-18)20(12-15-6-3-9-22-15)13-16-7-4-10-23-16/h1-10,18H,11-13H2. The molecule has 4 nitrogen and oxygen atoms in total. The average molecular weight is 339 g/mol. The highest BCUT2D eigenvalue weighted by molar-refractivity contribution is 8.01. The van der Waals surface area contributed by atoms with E-state index in [1.54, 1.807) is 29.2 Å². The third-order valence-corrected chi connectivity index (χ3v) is 5.39. The molecule has 0 aliphatic carbocycles. The number of rotatable bonds is 5. The number of hydrogen-bond donors (Lipinski definition) is 0. The Morgan fingerprint density at radius 2 is 1.67 bits per heavy atom. The second kappa shape index (κ2) is 6.61. The van der Waals surface area contributed by atoms with Gasteiger partial charge in [0.25, 0.3) is 0 Å². The fourth-order valence-electron chi connectivity index (χ4n) is 2.92. The van der Waals surface area contributed by atoms with Gasteiger partial charge in [0.1, 0.15) is 11.5 Å². The van der Waals surface area contributed by atoms with Crippen LogP contribution in [0.4, 0.5) is 0 Å². The van der Waals surface area contributed by atoms with Gasteiger partial charge in [0, 0.05) is 4.90 Å². The zero-order valence-electron chi connectivity index (χ0n) is 13.1. The predicted molar refractivity (Wildman–Crippen MR) is 91.5 cm³/mol. The predicted octanol–water partition coefficient (Wildman–Crippen LogP) is 4.12. The van der Waals surface area contributed by atoms with Crippen molar-refractivity contribution in [2.45, 2.75) is 29.7 Å². The highest BCUT2D eigenvalue weighted by atomic mass is 32.2. The molecule has 0 radical (unpaired) electrons. The Hall–Kier alpha value is -2.40. The molecule has 3 heterocycles. The zero-order chi connectivity index (χ0) is 16.4. The number of furan rings is 2. The molecule has 0 spiro atoms. The third-order valence-electron chi connectivity index (χ3n) is 4.09. The molecule has 0 saturated carbocycles. The van der Waals surface area contributed by atoms with Gasteiger partial charge in [0.2, 0.25) is 5.91 Å². The van der Waals surface area contributed by atoms with Crippen LogP contribution in [0.3, 0.4) is 0 Å². The first kappa shape index (κ1) is 15.1. The fraction of sp³-hybridized carbons (Fsp3) is 0.211. The molecule has 5 heteroatoms. The van der Waals surface area contributed by atoms with Crippen molar-refractivity contribution in [1.82, 2.24) is 4.90 Å². The lowest BCUT2D eigenvalue weighted by Gasteiger charge is -2.23. The van der Waals surface area contributed by atoms with Crippen molar-refractivity contribution >= 4 is 17.7 Å². The topological polar surface area (TPSA) is 46.6 Å². The van der Waals surface area contributed by atoms with E-state index >= 15 is 0 Å². The van der Waals surface area contributed by atoms with Crippen LogP contribution in [0.1, 0.15) is 17.1 Å². The molecule has 2 aromatic heterocycles. The summed E-state index contributed by atoms with van der Waals surface area (Å²) in [4.78, 5) is 16.1. The summed E-state index contributed by atoms with van der Waals surface area (Å²) in [5.41, 5.74) is 1.25. The van der Waals surface area contributed by atoms with Crippen LogP contribution in [0.15, 0.2) is 74.8 Å². The van der Waals surface area contributed by atoms with Gasteiger partial charge in [0.05, 0.1) is 30.9 Å². The Bertz CT molecular complexity index is 750. The summed E-state index contributed by atoms with van der Waals surface area (Å²) in [6.45, 7) is 0.889. The summed E-state index contributed by atoms with van der Waals surface area (Å²) in [6.07, 6.45) is 4.03. The number of fused-ring (bicyclic) bond motifs is 1. The quantitative estimate of drug-likeness (QED) is 0.701. The van der Waals surface area contributed by atoms with Gasteiger partial charge in [-0.1, -0.05) is 18.2 Å². The van der Waals surface area contributed by atoms with Crippen molar-refractivity contribution < 1.29 is 13.6 Å². The smallest absolute Gasteiger partial charge is 0.237 e. The lowest BCUT2D eigenvalue weighted by molar-refractivity contribution is -0.132. The second-order valence-corrected chi connectivity index (χ2v) is 7.02. The molecule has 1 aromatic carbocycles. The van der Waals surface area contributed by atoms with Crippen LogP contribution >= 0.6 is 11.8 Å². The molecule has 1 amide bonds. The molecule has 0 N–H and O–H groups in total. The molecule has 1 unspecified atom stereocenters. The fourth-order valence-corrected chi connectivity index (χ4v) is 4.20. The SMILES string of the molecule is O=C(C1Cc2ccccc2S1)N(Cc1ccco1)Cc1ccco1. The van der Waals surface area contributed by atoms with Crippen molar-refractivity contribution in [3.05, 3.63) is 78.1 Å². The molecule has 0 fully saturated rings. The molecule has 3 aromatic rings. The summed E-state index contributed by atoms with van der Waals surface area (Å²) in [7, 11) is 0. The van der Waals surface area contributed by atoms with E-state index in [4.69, 9.17) is 8.83 Å². The second-order valence-electron chi connectivity index (χ2n) is 5.77. The Balaban J connectivity index is 1.53. The summed E-state index contributed by atoms with van der Waals surface area (Å²) in [5, 5.41) is -0.0904. The number of benzene rings is 1. The molecular weight excluding hydrogens is 322 g/mol. The van der Waals surface area contributed by atoms with Gasteiger partial charge in [-0.15, -0.1) is 11.8 Å². The molecular formula is C19H17NO3S. The van der Waals surface area contributed by atoms with Crippen LogP contribution in [-0.4, -0.2) is 16.1 Å². The van der Waals surface area contributed by atoms with Crippen LogP contribution in [0.2, 0.25) is 0 Å². The highest BCUT2D eigenvalue weighted by Crippen LogP contribution is 2.38. The van der Waals surface area contributed by atoms with E-state index in [0.29, 0.717) is 13.1 Å². The number of thioether (sulfide) groups is 1. The van der Waals surface area contributed by atoms with E-state index in [-0.39, 0.29) is 11.2 Å². The molecule has 24 heavy (non-hydrogen) atoms. The number of nitrogens with zero attached hydrogens (tertiary/aromatic N) is 1. The van der Waals surface area contributed by atoms with E-state index in [2.05, 4.69) is 12.1 Å². The first-order chi connectivity index (χ1) is 11.8. The molecule has 1 aliphatic heterocycles.